The molecule has 2 rings (SSSR count). The van der Waals surface area contributed by atoms with E-state index >= 15 is 0 Å². The number of nitrogens with zero attached hydrogens (tertiary/aromatic N) is 2. The van der Waals surface area contributed by atoms with Gasteiger partial charge in [-0.15, -0.1) is 0 Å². The molecule has 1 saturated heterocycles. The molecule has 3 N–H and O–H groups in total. The first-order valence-corrected chi connectivity index (χ1v) is 7.61. The van der Waals surface area contributed by atoms with Gasteiger partial charge >= 0.3 is 6.03 Å². The maximum atomic E-state index is 11.8. The van der Waals surface area contributed by atoms with E-state index in [2.05, 4.69) is 39.7 Å². The van der Waals surface area contributed by atoms with Crippen molar-refractivity contribution < 1.29 is 14.4 Å². The molecule has 0 aliphatic carbocycles. The summed E-state index contributed by atoms with van der Waals surface area (Å²) in [5.74, 6) is 0.117. The Balaban J connectivity index is 1.82. The van der Waals surface area contributed by atoms with Gasteiger partial charge in [0.25, 0.3) is 5.91 Å². The highest BCUT2D eigenvalue weighted by molar-refractivity contribution is 6.05. The molecule has 1 aromatic rings. The Bertz CT molecular complexity index is 583. The van der Waals surface area contributed by atoms with E-state index in [1.807, 2.05) is 12.1 Å². The van der Waals surface area contributed by atoms with Gasteiger partial charge in [-0.25, -0.2) is 9.78 Å². The smallest absolute Gasteiger partial charge is 0.322 e. The number of nitrogens with one attached hydrogen (secondary N) is 3. The van der Waals surface area contributed by atoms with Crippen molar-refractivity contribution in [2.45, 2.75) is 32.9 Å². The highest BCUT2D eigenvalue weighted by Gasteiger charge is 2.31. The molecule has 124 valence electrons. The van der Waals surface area contributed by atoms with Crippen LogP contribution >= 0.6 is 0 Å². The maximum absolute atomic E-state index is 11.8. The van der Waals surface area contributed by atoms with Crippen molar-refractivity contribution >= 4 is 23.7 Å². The van der Waals surface area contributed by atoms with Crippen LogP contribution in [0.1, 0.15) is 25.8 Å². The monoisotopic (exact) mass is 319 g/mol. The van der Waals surface area contributed by atoms with Gasteiger partial charge in [0.1, 0.15) is 11.9 Å². The summed E-state index contributed by atoms with van der Waals surface area (Å²) in [6.45, 7) is 6.23. The van der Waals surface area contributed by atoms with Crippen molar-refractivity contribution in [3.8, 4) is 0 Å². The molecule has 1 fully saturated rings. The molecule has 2 heterocycles. The predicted molar refractivity (Wildman–Crippen MR) is 84.7 cm³/mol. The number of urea groups is 1. The number of amides is 4. The lowest BCUT2D eigenvalue weighted by Gasteiger charge is -2.19. The van der Waals surface area contributed by atoms with Gasteiger partial charge in [0.2, 0.25) is 5.91 Å². The molecule has 8 nitrogen and oxygen atoms in total. The summed E-state index contributed by atoms with van der Waals surface area (Å²) in [5, 5.41) is 7.19. The molecule has 23 heavy (non-hydrogen) atoms. The van der Waals surface area contributed by atoms with Crippen LogP contribution in [0.4, 0.5) is 10.6 Å². The molecule has 0 aromatic carbocycles. The second-order valence-corrected chi connectivity index (χ2v) is 5.19. The van der Waals surface area contributed by atoms with Crippen molar-refractivity contribution in [3.05, 3.63) is 23.9 Å². The fourth-order valence-electron chi connectivity index (χ4n) is 2.32. The summed E-state index contributed by atoms with van der Waals surface area (Å²) < 4.78 is 0. The summed E-state index contributed by atoms with van der Waals surface area (Å²) in [7, 11) is 0. The number of carbonyl (C=O) groups is 3. The van der Waals surface area contributed by atoms with Crippen LogP contribution in [0.2, 0.25) is 0 Å². The fourth-order valence-corrected chi connectivity index (χ4v) is 2.32. The molecule has 0 spiro atoms. The normalized spacial score (nSPS) is 16.7. The Morgan fingerprint density at radius 2 is 2.04 bits per heavy atom. The number of rotatable bonds is 7. The van der Waals surface area contributed by atoms with Crippen LogP contribution < -0.4 is 20.9 Å². The van der Waals surface area contributed by atoms with Gasteiger partial charge in [0, 0.05) is 25.8 Å². The van der Waals surface area contributed by atoms with Crippen LogP contribution in [0.5, 0.6) is 0 Å². The Morgan fingerprint density at radius 3 is 2.57 bits per heavy atom. The summed E-state index contributed by atoms with van der Waals surface area (Å²) in [6, 6.07) is 2.46. The minimum atomic E-state index is -0.800. The van der Waals surface area contributed by atoms with E-state index in [0.717, 1.165) is 24.5 Å². The molecule has 1 atom stereocenters. The first kappa shape index (κ1) is 16.7. The third-order valence-electron chi connectivity index (χ3n) is 3.63. The van der Waals surface area contributed by atoms with Crippen molar-refractivity contribution in [1.82, 2.24) is 20.9 Å². The van der Waals surface area contributed by atoms with E-state index < -0.39 is 18.0 Å². The Labute approximate surface area is 134 Å². The summed E-state index contributed by atoms with van der Waals surface area (Å²) in [6.07, 6.45) is 1.64. The van der Waals surface area contributed by atoms with Gasteiger partial charge in [-0.1, -0.05) is 6.07 Å². The van der Waals surface area contributed by atoms with E-state index in [4.69, 9.17) is 0 Å². The maximum Gasteiger partial charge on any atom is 0.322 e. The number of carbonyl (C=O) groups excluding carboxylic acids is 3. The molecule has 1 aliphatic heterocycles. The zero-order chi connectivity index (χ0) is 16.8. The second kappa shape index (κ2) is 7.57. The highest BCUT2D eigenvalue weighted by atomic mass is 16.2. The topological polar surface area (TPSA) is 103 Å². The molecular formula is C15H21N5O3. The standard InChI is InChI=1S/C15H21N5O3/c1-3-20(4-2)12-6-5-10(8-16-12)9-17-13(21)7-11-14(22)19-15(23)18-11/h5-6,8,11H,3-4,7,9H2,1-2H3,(H,17,21)(H2,18,19,22,23)/t11-/m1/s1. The first-order chi connectivity index (χ1) is 11.0. The molecule has 1 aromatic heterocycles. The second-order valence-electron chi connectivity index (χ2n) is 5.19. The van der Waals surface area contributed by atoms with E-state index in [1.165, 1.54) is 0 Å². The quantitative estimate of drug-likeness (QED) is 0.620. The minimum absolute atomic E-state index is 0.0808. The Morgan fingerprint density at radius 1 is 1.30 bits per heavy atom. The largest absolute Gasteiger partial charge is 0.357 e. The third kappa shape index (κ3) is 4.41. The van der Waals surface area contributed by atoms with E-state index in [-0.39, 0.29) is 12.3 Å². The molecule has 8 heteroatoms. The summed E-state index contributed by atoms with van der Waals surface area (Å²) in [5.41, 5.74) is 0.870. The minimum Gasteiger partial charge on any atom is -0.357 e. The fraction of sp³-hybridized carbons (Fsp3) is 0.467. The van der Waals surface area contributed by atoms with Crippen LogP contribution in [0.3, 0.4) is 0 Å². The van der Waals surface area contributed by atoms with E-state index in [1.54, 1.807) is 6.20 Å². The SMILES string of the molecule is CCN(CC)c1ccc(CNC(=O)C[C@H]2NC(=O)NC2=O)cn1. The van der Waals surface area contributed by atoms with E-state index in [0.29, 0.717) is 6.54 Å². The lowest BCUT2D eigenvalue weighted by atomic mass is 10.2. The van der Waals surface area contributed by atoms with Crippen LogP contribution in [-0.2, 0) is 16.1 Å². The Hall–Kier alpha value is -2.64. The highest BCUT2D eigenvalue weighted by Crippen LogP contribution is 2.10. The number of pyridine rings is 1. The van der Waals surface area contributed by atoms with Crippen molar-refractivity contribution in [2.75, 3.05) is 18.0 Å². The van der Waals surface area contributed by atoms with Gasteiger partial charge in [-0.05, 0) is 25.5 Å². The molecule has 0 bridgehead atoms. The molecular weight excluding hydrogens is 298 g/mol. The molecule has 0 unspecified atom stereocenters. The lowest BCUT2D eigenvalue weighted by molar-refractivity contribution is -0.126. The predicted octanol–water partition coefficient (Wildman–Crippen LogP) is 0.142. The van der Waals surface area contributed by atoms with Crippen molar-refractivity contribution in [1.29, 1.82) is 0 Å². The first-order valence-electron chi connectivity index (χ1n) is 7.61. The molecule has 4 amide bonds. The number of imide groups is 1. The number of hydrogen-bond donors (Lipinski definition) is 3. The molecule has 0 radical (unpaired) electrons. The zero-order valence-corrected chi connectivity index (χ0v) is 13.3. The van der Waals surface area contributed by atoms with E-state index in [9.17, 15) is 14.4 Å². The van der Waals surface area contributed by atoms with Gasteiger partial charge in [0.05, 0.1) is 6.42 Å². The molecule has 1 aliphatic rings. The zero-order valence-electron chi connectivity index (χ0n) is 13.3. The lowest BCUT2D eigenvalue weighted by Crippen LogP contribution is -2.36. The van der Waals surface area contributed by atoms with Crippen LogP contribution in [0.25, 0.3) is 0 Å². The number of hydrogen-bond acceptors (Lipinski definition) is 5. The van der Waals surface area contributed by atoms with Crippen LogP contribution in [0.15, 0.2) is 18.3 Å². The van der Waals surface area contributed by atoms with Gasteiger partial charge in [-0.2, -0.15) is 0 Å². The third-order valence-corrected chi connectivity index (χ3v) is 3.63. The van der Waals surface area contributed by atoms with Crippen LogP contribution in [0, 0.1) is 0 Å². The van der Waals surface area contributed by atoms with Gasteiger partial charge in [-0.3, -0.25) is 14.9 Å². The van der Waals surface area contributed by atoms with Crippen molar-refractivity contribution in [2.24, 2.45) is 0 Å². The number of aromatic nitrogens is 1. The average molecular weight is 319 g/mol. The Kier molecular flexibility index (Phi) is 5.51. The van der Waals surface area contributed by atoms with Crippen LogP contribution in [-0.4, -0.2) is 42.0 Å². The van der Waals surface area contributed by atoms with Gasteiger partial charge in [0.15, 0.2) is 0 Å². The summed E-state index contributed by atoms with van der Waals surface area (Å²) >= 11 is 0. The average Bonchev–Trinajstić information content (AvgIpc) is 2.85. The molecule has 0 saturated carbocycles. The van der Waals surface area contributed by atoms with Crippen molar-refractivity contribution in [3.63, 3.8) is 0 Å². The van der Waals surface area contributed by atoms with Gasteiger partial charge < -0.3 is 15.5 Å². The summed E-state index contributed by atoms with van der Waals surface area (Å²) in [4.78, 5) is 40.7. The number of anilines is 1.